The maximum Gasteiger partial charge on any atom is 0.194 e. The molecule has 0 N–H and O–H groups in total. The summed E-state index contributed by atoms with van der Waals surface area (Å²) in [5, 5.41) is 0. The van der Waals surface area contributed by atoms with Crippen molar-refractivity contribution < 1.29 is 61.6 Å². The molecule has 40 heavy (non-hydrogen) atoms. The average molecular weight is 699 g/mol. The van der Waals surface area contributed by atoms with Crippen LogP contribution in [-0.2, 0) is 61.6 Å². The van der Waals surface area contributed by atoms with Gasteiger partial charge in [-0.1, -0.05) is 0 Å². The number of hydrogen-bond donors (Lipinski definition) is 0. The van der Waals surface area contributed by atoms with Crippen molar-refractivity contribution in [3.63, 3.8) is 0 Å². The Balaban J connectivity index is 3.03. The maximum absolute atomic E-state index is 10.7. The summed E-state index contributed by atoms with van der Waals surface area (Å²) >= 11 is 1.76. The maximum atomic E-state index is 10.7. The van der Waals surface area contributed by atoms with Crippen molar-refractivity contribution in [2.24, 2.45) is 0 Å². The highest BCUT2D eigenvalue weighted by molar-refractivity contribution is 14.1. The van der Waals surface area contributed by atoms with E-state index in [1.165, 1.54) is 0 Å². The molecule has 0 amide bonds. The lowest BCUT2D eigenvalue weighted by Gasteiger charge is -2.09. The van der Waals surface area contributed by atoms with Crippen LogP contribution in [-0.4, -0.2) is 163 Å². The molecule has 0 aromatic heterocycles. The van der Waals surface area contributed by atoms with Gasteiger partial charge in [0.15, 0.2) is 3.79 Å². The van der Waals surface area contributed by atoms with Gasteiger partial charge in [-0.25, -0.2) is 0 Å². The molecule has 0 unspecified atom stereocenters. The van der Waals surface area contributed by atoms with E-state index in [0.29, 0.717) is 158 Å². The molecule has 0 saturated carbocycles. The molecule has 240 valence electrons. The molecule has 0 rings (SSSR count). The summed E-state index contributed by atoms with van der Waals surface area (Å²) in [5.74, 6) is 0. The van der Waals surface area contributed by atoms with Gasteiger partial charge in [-0.15, -0.1) is 0 Å². The van der Waals surface area contributed by atoms with Crippen LogP contribution in [0, 0.1) is 0 Å². The normalized spacial score (nSPS) is 11.4. The second-order valence-corrected chi connectivity index (χ2v) is 9.04. The van der Waals surface area contributed by atoms with E-state index >= 15 is 0 Å². The zero-order chi connectivity index (χ0) is 29.0. The van der Waals surface area contributed by atoms with Crippen LogP contribution in [0.15, 0.2) is 0 Å². The summed E-state index contributed by atoms with van der Waals surface area (Å²) in [4.78, 5) is 10.7. The SMILES string of the molecule is COCCOCCOCCOCCOCCOCCOCCOCCOCCOCCOCCOCCC(=O)I. The smallest absolute Gasteiger partial charge is 0.194 e. The Bertz CT molecular complexity index is 492. The van der Waals surface area contributed by atoms with Gasteiger partial charge in [0.2, 0.25) is 0 Å². The van der Waals surface area contributed by atoms with Gasteiger partial charge >= 0.3 is 0 Å². The monoisotopic (exact) mass is 698 g/mol. The molecule has 0 aliphatic rings. The summed E-state index contributed by atoms with van der Waals surface area (Å²) in [6.45, 7) is 11.8. The Kier molecular flexibility index (Phi) is 36.9. The lowest BCUT2D eigenvalue weighted by Crippen LogP contribution is -2.15. The van der Waals surface area contributed by atoms with Gasteiger partial charge in [0, 0.05) is 13.5 Å². The molecule has 0 radical (unpaired) electrons. The van der Waals surface area contributed by atoms with E-state index in [2.05, 4.69) is 0 Å². The Hall–Kier alpha value is -0.0800. The molecular weight excluding hydrogens is 647 g/mol. The Morgan fingerprint density at radius 3 is 0.700 bits per heavy atom. The zero-order valence-corrected chi connectivity index (χ0v) is 26.3. The first-order valence-corrected chi connectivity index (χ1v) is 14.9. The van der Waals surface area contributed by atoms with Crippen LogP contribution in [0.4, 0.5) is 0 Å². The summed E-state index contributed by atoms with van der Waals surface area (Å²) in [6.07, 6.45) is 0.430. The first kappa shape index (κ1) is 39.9. The fraction of sp³-hybridized carbons (Fsp3) is 0.962. The third-order valence-electron chi connectivity index (χ3n) is 4.59. The van der Waals surface area contributed by atoms with Crippen molar-refractivity contribution in [1.82, 2.24) is 0 Å². The van der Waals surface area contributed by atoms with E-state index in [9.17, 15) is 4.79 Å². The van der Waals surface area contributed by atoms with Crippen LogP contribution in [0.2, 0.25) is 0 Å². The predicted molar refractivity (Wildman–Crippen MR) is 155 cm³/mol. The van der Waals surface area contributed by atoms with Gasteiger partial charge in [0.25, 0.3) is 0 Å². The van der Waals surface area contributed by atoms with Gasteiger partial charge in [-0.2, -0.15) is 0 Å². The topological polar surface area (TPSA) is 128 Å². The Morgan fingerprint density at radius 1 is 0.350 bits per heavy atom. The molecule has 0 spiro atoms. The molecule has 0 saturated heterocycles. The molecule has 13 nitrogen and oxygen atoms in total. The number of hydrogen-bond acceptors (Lipinski definition) is 13. The minimum atomic E-state index is 0.0967. The van der Waals surface area contributed by atoms with E-state index in [-0.39, 0.29) is 3.79 Å². The van der Waals surface area contributed by atoms with Crippen molar-refractivity contribution in [2.45, 2.75) is 6.42 Å². The van der Waals surface area contributed by atoms with Gasteiger partial charge in [0.05, 0.1) is 152 Å². The molecule has 0 aromatic rings. The lowest BCUT2D eigenvalue weighted by molar-refractivity contribution is -0.110. The zero-order valence-electron chi connectivity index (χ0n) is 24.2. The third kappa shape index (κ3) is 37.9. The van der Waals surface area contributed by atoms with Crippen LogP contribution in [0.3, 0.4) is 0 Å². The molecule has 0 aromatic carbocycles. The van der Waals surface area contributed by atoms with Crippen molar-refractivity contribution in [3.05, 3.63) is 0 Å². The minimum Gasteiger partial charge on any atom is -0.382 e. The summed E-state index contributed by atoms with van der Waals surface area (Å²) in [6, 6.07) is 0. The third-order valence-corrected chi connectivity index (χ3v) is 5.13. The van der Waals surface area contributed by atoms with Crippen LogP contribution in [0.5, 0.6) is 0 Å². The fourth-order valence-electron chi connectivity index (χ4n) is 2.60. The van der Waals surface area contributed by atoms with E-state index in [4.69, 9.17) is 56.8 Å². The van der Waals surface area contributed by atoms with Crippen LogP contribution < -0.4 is 0 Å². The number of carbonyl (C=O) groups is 1. The van der Waals surface area contributed by atoms with Gasteiger partial charge in [-0.3, -0.25) is 4.79 Å². The van der Waals surface area contributed by atoms with Crippen molar-refractivity contribution in [3.8, 4) is 0 Å². The van der Waals surface area contributed by atoms with Gasteiger partial charge in [0.1, 0.15) is 0 Å². The van der Waals surface area contributed by atoms with Crippen molar-refractivity contribution >= 4 is 26.4 Å². The second kappa shape index (κ2) is 36.9. The summed E-state index contributed by atoms with van der Waals surface area (Å²) < 4.78 is 64.4. The van der Waals surface area contributed by atoms with E-state index < -0.39 is 0 Å². The minimum absolute atomic E-state index is 0.0967. The standard InChI is InChI=1S/C26H51IO13/c1-29-4-5-31-8-9-33-12-13-35-16-17-37-20-21-39-24-25-40-23-22-38-19-18-36-15-14-34-11-10-32-7-6-30-3-2-26(27)28/h2-25H2,1H3. The number of rotatable bonds is 36. The molecule has 0 aliphatic heterocycles. The van der Waals surface area contributed by atoms with Crippen LogP contribution >= 0.6 is 22.6 Å². The number of methoxy groups -OCH3 is 1. The molecule has 0 bridgehead atoms. The van der Waals surface area contributed by atoms with Crippen molar-refractivity contribution in [2.75, 3.05) is 159 Å². The number of carbonyl (C=O) groups excluding carboxylic acids is 1. The second-order valence-electron chi connectivity index (χ2n) is 7.83. The highest BCUT2D eigenvalue weighted by Crippen LogP contribution is 1.93. The van der Waals surface area contributed by atoms with Crippen LogP contribution in [0.25, 0.3) is 0 Å². The van der Waals surface area contributed by atoms with E-state index in [1.807, 2.05) is 0 Å². The molecule has 0 atom stereocenters. The van der Waals surface area contributed by atoms with Crippen molar-refractivity contribution in [1.29, 1.82) is 0 Å². The Labute approximate surface area is 253 Å². The first-order valence-electron chi connectivity index (χ1n) is 13.8. The molecule has 0 heterocycles. The van der Waals surface area contributed by atoms with E-state index in [1.54, 1.807) is 29.7 Å². The fourth-order valence-corrected chi connectivity index (χ4v) is 2.82. The van der Waals surface area contributed by atoms with Crippen LogP contribution in [0.1, 0.15) is 6.42 Å². The molecule has 0 aliphatic carbocycles. The largest absolute Gasteiger partial charge is 0.382 e. The highest BCUT2D eigenvalue weighted by Gasteiger charge is 1.97. The Morgan fingerprint density at radius 2 is 0.525 bits per heavy atom. The summed E-state index contributed by atoms with van der Waals surface area (Å²) in [7, 11) is 1.64. The summed E-state index contributed by atoms with van der Waals surface area (Å²) in [5.41, 5.74) is 0. The highest BCUT2D eigenvalue weighted by atomic mass is 127. The molecule has 0 fully saturated rings. The average Bonchev–Trinajstić information content (AvgIpc) is 2.95. The van der Waals surface area contributed by atoms with Gasteiger partial charge < -0.3 is 56.8 Å². The number of ether oxygens (including phenoxy) is 12. The molecule has 14 heteroatoms. The number of halogens is 1. The van der Waals surface area contributed by atoms with E-state index in [0.717, 1.165) is 0 Å². The first-order chi connectivity index (χ1) is 19.8. The van der Waals surface area contributed by atoms with Gasteiger partial charge in [-0.05, 0) is 22.6 Å². The quantitative estimate of drug-likeness (QED) is 0.0529. The lowest BCUT2D eigenvalue weighted by atomic mass is 10.5. The predicted octanol–water partition coefficient (Wildman–Crippen LogP) is 1.17. The molecular formula is C26H51IO13.